The molecule has 0 bridgehead atoms. The van der Waals surface area contributed by atoms with Gasteiger partial charge in [0.2, 0.25) is 10.0 Å². The monoisotopic (exact) mass is 346 g/mol. The van der Waals surface area contributed by atoms with Gasteiger partial charge in [0.05, 0.1) is 37.9 Å². The molecule has 1 saturated heterocycles. The molecular formula is C15H26N2O5S. The molecule has 2 rings (SSSR count). The third-order valence-corrected chi connectivity index (χ3v) is 5.19. The Morgan fingerprint density at radius 3 is 2.74 bits per heavy atom. The van der Waals surface area contributed by atoms with Crippen molar-refractivity contribution in [3.63, 3.8) is 0 Å². The number of nitrogens with one attached hydrogen (secondary N) is 1. The number of nitrogens with zero attached hydrogens (tertiary/aromatic N) is 1. The van der Waals surface area contributed by atoms with Gasteiger partial charge in [0.15, 0.2) is 0 Å². The van der Waals surface area contributed by atoms with Crippen LogP contribution in [-0.2, 0) is 19.5 Å². The normalized spacial score (nSPS) is 17.6. The highest BCUT2D eigenvalue weighted by Gasteiger charge is 2.26. The third-order valence-electron chi connectivity index (χ3n) is 3.88. The van der Waals surface area contributed by atoms with E-state index in [1.54, 1.807) is 13.4 Å². The molecule has 0 radical (unpaired) electrons. The van der Waals surface area contributed by atoms with Crippen LogP contribution in [-0.4, -0.2) is 65.6 Å². The Kier molecular flexibility index (Phi) is 7.51. The molecule has 0 spiro atoms. The fourth-order valence-corrected chi connectivity index (χ4v) is 3.53. The van der Waals surface area contributed by atoms with Crippen LogP contribution < -0.4 is 4.72 Å². The van der Waals surface area contributed by atoms with Crippen LogP contribution in [0.15, 0.2) is 22.8 Å². The molecule has 1 fully saturated rings. The molecular weight excluding hydrogens is 320 g/mol. The summed E-state index contributed by atoms with van der Waals surface area (Å²) >= 11 is 0. The van der Waals surface area contributed by atoms with Crippen LogP contribution in [0.2, 0.25) is 0 Å². The Balaban J connectivity index is 1.82. The first-order valence-corrected chi connectivity index (χ1v) is 9.59. The maximum atomic E-state index is 12.1. The summed E-state index contributed by atoms with van der Waals surface area (Å²) in [6.45, 7) is 3.26. The Bertz CT molecular complexity index is 526. The van der Waals surface area contributed by atoms with Gasteiger partial charge in [-0.15, -0.1) is 0 Å². The van der Waals surface area contributed by atoms with Crippen molar-refractivity contribution in [3.8, 4) is 0 Å². The SMILES string of the molecule is COCCOCCS(=O)(=O)NCC(c1ccco1)N1CCCC1. The molecule has 0 saturated carbocycles. The Labute approximate surface area is 138 Å². The summed E-state index contributed by atoms with van der Waals surface area (Å²) in [6.07, 6.45) is 3.89. The quantitative estimate of drug-likeness (QED) is 0.602. The van der Waals surface area contributed by atoms with E-state index in [1.165, 1.54) is 0 Å². The number of rotatable bonds is 11. The summed E-state index contributed by atoms with van der Waals surface area (Å²) < 4.78 is 42.4. The van der Waals surface area contributed by atoms with Crippen molar-refractivity contribution in [3.05, 3.63) is 24.2 Å². The van der Waals surface area contributed by atoms with Crippen molar-refractivity contribution in [1.29, 1.82) is 0 Å². The molecule has 0 amide bonds. The molecule has 8 heteroatoms. The summed E-state index contributed by atoms with van der Waals surface area (Å²) in [4.78, 5) is 2.26. The summed E-state index contributed by atoms with van der Waals surface area (Å²) in [6, 6.07) is 3.67. The van der Waals surface area contributed by atoms with E-state index >= 15 is 0 Å². The van der Waals surface area contributed by atoms with E-state index in [9.17, 15) is 8.42 Å². The molecule has 1 aliphatic heterocycles. The summed E-state index contributed by atoms with van der Waals surface area (Å²) in [5.41, 5.74) is 0. The van der Waals surface area contributed by atoms with Gasteiger partial charge in [0, 0.05) is 13.7 Å². The van der Waals surface area contributed by atoms with Crippen LogP contribution in [0.3, 0.4) is 0 Å². The molecule has 0 aromatic carbocycles. The van der Waals surface area contributed by atoms with Gasteiger partial charge in [0.25, 0.3) is 0 Å². The average molecular weight is 346 g/mol. The first kappa shape index (κ1) is 18.4. The number of ether oxygens (including phenoxy) is 2. The van der Waals surface area contributed by atoms with Crippen LogP contribution in [0.5, 0.6) is 0 Å². The minimum Gasteiger partial charge on any atom is -0.468 e. The van der Waals surface area contributed by atoms with Crippen molar-refractivity contribution in [1.82, 2.24) is 9.62 Å². The van der Waals surface area contributed by atoms with E-state index < -0.39 is 10.0 Å². The molecule has 1 aromatic rings. The summed E-state index contributed by atoms with van der Waals surface area (Å²) in [5.74, 6) is 0.743. The zero-order valence-electron chi connectivity index (χ0n) is 13.6. The number of methoxy groups -OCH3 is 1. The van der Waals surface area contributed by atoms with Gasteiger partial charge in [-0.1, -0.05) is 0 Å². The Morgan fingerprint density at radius 1 is 1.30 bits per heavy atom. The molecule has 1 unspecified atom stereocenters. The largest absolute Gasteiger partial charge is 0.468 e. The highest BCUT2D eigenvalue weighted by atomic mass is 32.2. The van der Waals surface area contributed by atoms with Crippen LogP contribution in [0, 0.1) is 0 Å². The zero-order valence-corrected chi connectivity index (χ0v) is 14.4. The lowest BCUT2D eigenvalue weighted by Gasteiger charge is -2.25. The Morgan fingerprint density at radius 2 is 2.09 bits per heavy atom. The lowest BCUT2D eigenvalue weighted by molar-refractivity contribution is 0.0784. The topological polar surface area (TPSA) is 81.0 Å². The summed E-state index contributed by atoms with van der Waals surface area (Å²) in [7, 11) is -1.79. The number of furan rings is 1. The van der Waals surface area contributed by atoms with Crippen LogP contribution in [0.25, 0.3) is 0 Å². The second kappa shape index (κ2) is 9.39. The fourth-order valence-electron chi connectivity index (χ4n) is 2.63. The smallest absolute Gasteiger partial charge is 0.213 e. The highest BCUT2D eigenvalue weighted by Crippen LogP contribution is 2.25. The van der Waals surface area contributed by atoms with Crippen molar-refractivity contribution in [2.45, 2.75) is 18.9 Å². The van der Waals surface area contributed by atoms with Crippen LogP contribution >= 0.6 is 0 Å². The molecule has 1 aromatic heterocycles. The van der Waals surface area contributed by atoms with Gasteiger partial charge in [-0.3, -0.25) is 4.90 Å². The van der Waals surface area contributed by atoms with E-state index in [0.717, 1.165) is 31.7 Å². The molecule has 2 heterocycles. The first-order chi connectivity index (χ1) is 11.1. The lowest BCUT2D eigenvalue weighted by Crippen LogP contribution is -2.38. The van der Waals surface area contributed by atoms with E-state index in [2.05, 4.69) is 9.62 Å². The number of sulfonamides is 1. The van der Waals surface area contributed by atoms with Crippen molar-refractivity contribution in [2.75, 3.05) is 52.3 Å². The fraction of sp³-hybridized carbons (Fsp3) is 0.733. The van der Waals surface area contributed by atoms with Gasteiger partial charge < -0.3 is 13.9 Å². The highest BCUT2D eigenvalue weighted by molar-refractivity contribution is 7.89. The van der Waals surface area contributed by atoms with E-state index in [0.29, 0.717) is 19.8 Å². The molecule has 23 heavy (non-hydrogen) atoms. The predicted octanol–water partition coefficient (Wildman–Crippen LogP) is 0.999. The molecule has 7 nitrogen and oxygen atoms in total. The van der Waals surface area contributed by atoms with E-state index in [-0.39, 0.29) is 18.4 Å². The second-order valence-corrected chi connectivity index (χ2v) is 7.47. The van der Waals surface area contributed by atoms with Crippen molar-refractivity contribution < 1.29 is 22.3 Å². The third kappa shape index (κ3) is 6.23. The van der Waals surface area contributed by atoms with Crippen molar-refractivity contribution in [2.24, 2.45) is 0 Å². The van der Waals surface area contributed by atoms with Gasteiger partial charge in [-0.25, -0.2) is 13.1 Å². The number of likely N-dealkylation sites (tertiary alicyclic amines) is 1. The van der Waals surface area contributed by atoms with Gasteiger partial charge in [-0.2, -0.15) is 0 Å². The van der Waals surface area contributed by atoms with Gasteiger partial charge in [0.1, 0.15) is 5.76 Å². The van der Waals surface area contributed by atoms with E-state index in [1.807, 2.05) is 12.1 Å². The number of hydrogen-bond donors (Lipinski definition) is 1. The predicted molar refractivity (Wildman–Crippen MR) is 86.7 cm³/mol. The lowest BCUT2D eigenvalue weighted by atomic mass is 10.2. The van der Waals surface area contributed by atoms with Gasteiger partial charge in [-0.05, 0) is 38.1 Å². The van der Waals surface area contributed by atoms with Gasteiger partial charge >= 0.3 is 0 Å². The van der Waals surface area contributed by atoms with Crippen LogP contribution in [0.4, 0.5) is 0 Å². The standard InChI is InChI=1S/C15H26N2O5S/c1-20-9-10-21-11-12-23(18,19)16-13-14(15-5-4-8-22-15)17-6-2-3-7-17/h4-5,8,14,16H,2-3,6-7,9-13H2,1H3. The molecule has 1 N–H and O–H groups in total. The molecule has 0 aliphatic carbocycles. The minimum atomic E-state index is -3.37. The first-order valence-electron chi connectivity index (χ1n) is 7.94. The summed E-state index contributed by atoms with van der Waals surface area (Å²) in [5, 5.41) is 0. The number of hydrogen-bond acceptors (Lipinski definition) is 6. The molecule has 132 valence electrons. The molecule has 1 atom stereocenters. The average Bonchev–Trinajstić information content (AvgIpc) is 3.21. The van der Waals surface area contributed by atoms with Crippen molar-refractivity contribution >= 4 is 10.0 Å². The zero-order chi connectivity index (χ0) is 16.5. The maximum absolute atomic E-state index is 12.1. The van der Waals surface area contributed by atoms with Crippen LogP contribution in [0.1, 0.15) is 24.6 Å². The maximum Gasteiger partial charge on any atom is 0.213 e. The second-order valence-electron chi connectivity index (χ2n) is 5.55. The van der Waals surface area contributed by atoms with E-state index in [4.69, 9.17) is 13.9 Å². The Hall–Kier alpha value is -0.930. The molecule has 1 aliphatic rings. The minimum absolute atomic E-state index is 0.0540.